The fraction of sp³-hybridized carbons (Fsp3) is 0.273. The Morgan fingerprint density at radius 3 is 2.49 bits per heavy atom. The van der Waals surface area contributed by atoms with E-state index in [1.165, 1.54) is 0 Å². The van der Waals surface area contributed by atoms with E-state index in [9.17, 15) is 9.59 Å². The highest BCUT2D eigenvalue weighted by atomic mass is 16.5. The van der Waals surface area contributed by atoms with Crippen LogP contribution in [-0.4, -0.2) is 60.5 Å². The quantitative estimate of drug-likeness (QED) is 0.299. The van der Waals surface area contributed by atoms with E-state index in [4.69, 9.17) is 23.9 Å². The summed E-state index contributed by atoms with van der Waals surface area (Å²) in [4.78, 5) is 32.9. The smallest absolute Gasteiger partial charge is 0.272 e. The van der Waals surface area contributed by atoms with Crippen LogP contribution in [0.4, 0.5) is 0 Å². The molecular formula is C33H32N4O6. The van der Waals surface area contributed by atoms with Gasteiger partial charge in [-0.25, -0.2) is 10.1 Å². The molecule has 1 N–H and O–H groups in total. The van der Waals surface area contributed by atoms with Gasteiger partial charge in [0, 0.05) is 34.5 Å². The number of H-pyrrole nitrogens is 1. The molecule has 0 fully saturated rings. The summed E-state index contributed by atoms with van der Waals surface area (Å²) in [6.45, 7) is 4.81. The lowest BCUT2D eigenvalue weighted by Crippen LogP contribution is -2.36. The van der Waals surface area contributed by atoms with E-state index in [0.29, 0.717) is 59.2 Å². The zero-order valence-corrected chi connectivity index (χ0v) is 24.7. The maximum Gasteiger partial charge on any atom is 0.272 e. The van der Waals surface area contributed by atoms with Gasteiger partial charge in [0.2, 0.25) is 5.91 Å². The van der Waals surface area contributed by atoms with Crippen molar-refractivity contribution in [1.29, 1.82) is 0 Å². The van der Waals surface area contributed by atoms with E-state index in [1.54, 1.807) is 38.4 Å². The van der Waals surface area contributed by atoms with E-state index in [-0.39, 0.29) is 11.5 Å². The summed E-state index contributed by atoms with van der Waals surface area (Å²) in [5.74, 6) is 1.74. The fourth-order valence-electron chi connectivity index (χ4n) is 5.68. The number of rotatable bonds is 6. The zero-order valence-electron chi connectivity index (χ0n) is 24.7. The number of hydrogen-bond acceptors (Lipinski definition) is 8. The van der Waals surface area contributed by atoms with E-state index in [2.05, 4.69) is 10.2 Å². The number of nitrogens with one attached hydrogen (secondary N) is 1. The molecule has 0 bridgehead atoms. The van der Waals surface area contributed by atoms with Gasteiger partial charge in [-0.05, 0) is 49.7 Å². The summed E-state index contributed by atoms with van der Waals surface area (Å²) in [5.41, 5.74) is 4.31. The third kappa shape index (κ3) is 4.98. The van der Waals surface area contributed by atoms with E-state index in [1.807, 2.05) is 56.3 Å². The van der Waals surface area contributed by atoms with Gasteiger partial charge in [0.05, 0.1) is 50.6 Å². The number of aryl methyl sites for hydroxylation is 1. The number of pyridine rings is 1. The Bertz CT molecular complexity index is 1940. The lowest BCUT2D eigenvalue weighted by atomic mass is 9.99. The van der Waals surface area contributed by atoms with Crippen LogP contribution in [0.2, 0.25) is 0 Å². The van der Waals surface area contributed by atoms with Crippen molar-refractivity contribution in [3.63, 3.8) is 0 Å². The van der Waals surface area contributed by atoms with Crippen molar-refractivity contribution in [2.75, 3.05) is 34.5 Å². The third-order valence-electron chi connectivity index (χ3n) is 7.95. The number of aromatic nitrogens is 3. The van der Waals surface area contributed by atoms with Crippen molar-refractivity contribution in [3.05, 3.63) is 81.8 Å². The van der Waals surface area contributed by atoms with Crippen LogP contribution in [0.25, 0.3) is 32.9 Å². The average Bonchev–Trinajstić information content (AvgIpc) is 3.26. The highest BCUT2D eigenvalue weighted by Gasteiger charge is 2.29. The van der Waals surface area contributed by atoms with Gasteiger partial charge >= 0.3 is 0 Å². The third-order valence-corrected chi connectivity index (χ3v) is 7.95. The molecule has 5 aromatic rings. The molecular weight excluding hydrogens is 548 g/mol. The Labute approximate surface area is 248 Å². The molecule has 3 aromatic carbocycles. The predicted molar refractivity (Wildman–Crippen MR) is 163 cm³/mol. The minimum Gasteiger partial charge on any atom is -0.497 e. The van der Waals surface area contributed by atoms with Crippen LogP contribution in [0.3, 0.4) is 0 Å². The van der Waals surface area contributed by atoms with Crippen molar-refractivity contribution >= 4 is 27.6 Å². The van der Waals surface area contributed by atoms with E-state index >= 15 is 0 Å². The van der Waals surface area contributed by atoms with Crippen LogP contribution < -0.4 is 24.5 Å². The molecule has 10 nitrogen and oxygen atoms in total. The number of methoxy groups -OCH3 is 3. The molecule has 0 spiro atoms. The molecule has 43 heavy (non-hydrogen) atoms. The maximum absolute atomic E-state index is 13.9. The lowest BCUT2D eigenvalue weighted by Gasteiger charge is -2.24. The van der Waals surface area contributed by atoms with Gasteiger partial charge in [-0.1, -0.05) is 18.2 Å². The summed E-state index contributed by atoms with van der Waals surface area (Å²) in [5, 5.41) is 8.90. The van der Waals surface area contributed by atoms with Crippen LogP contribution in [0.15, 0.2) is 59.4 Å². The highest BCUT2D eigenvalue weighted by molar-refractivity contribution is 5.92. The lowest BCUT2D eigenvalue weighted by molar-refractivity contribution is -0.133. The van der Waals surface area contributed by atoms with Gasteiger partial charge in [0.1, 0.15) is 23.6 Å². The van der Waals surface area contributed by atoms with Crippen molar-refractivity contribution in [1.82, 2.24) is 20.1 Å². The van der Waals surface area contributed by atoms with Crippen LogP contribution in [0, 0.1) is 6.92 Å². The molecule has 1 aliphatic rings. The van der Waals surface area contributed by atoms with Crippen LogP contribution in [0.5, 0.6) is 23.0 Å². The number of amides is 1. The standard InChI is InChI=1S/C33H32N4O6/c1-18-12-26(34-30-25(18)15-22(40-3)16-27(30)41-4)20-13-21-17-37(10-11-43-31(21)28(14-20)42-5)33(39)19(2)29-23-8-6-7-9-24(23)32(38)36-35-29/h6-9,12-16,19H,10-11,17H2,1-5H3,(H,36,38). The molecule has 1 amide bonds. The second kappa shape index (κ2) is 11.3. The first-order chi connectivity index (χ1) is 20.8. The van der Waals surface area contributed by atoms with Crippen molar-refractivity contribution in [2.24, 2.45) is 0 Å². The SMILES string of the molecule is COc1cc(OC)c2nc(-c3cc4c(c(OC)c3)OCCN(C(=O)C(C)c3n[nH]c(=O)c5ccccc35)C4)cc(C)c2c1. The molecule has 2 aromatic heterocycles. The highest BCUT2D eigenvalue weighted by Crippen LogP contribution is 2.40. The predicted octanol–water partition coefficient (Wildman–Crippen LogP) is 5.00. The number of nitrogens with zero attached hydrogens (tertiary/aromatic N) is 3. The molecule has 0 aliphatic carbocycles. The Balaban J connectivity index is 1.39. The fourth-order valence-corrected chi connectivity index (χ4v) is 5.68. The minimum atomic E-state index is -0.595. The molecule has 3 heterocycles. The number of hydrogen-bond donors (Lipinski definition) is 1. The number of carbonyl (C=O) groups is 1. The van der Waals surface area contributed by atoms with Crippen LogP contribution >= 0.6 is 0 Å². The average molecular weight is 581 g/mol. The summed E-state index contributed by atoms with van der Waals surface area (Å²) in [6, 6.07) is 16.8. The molecule has 1 aliphatic heterocycles. The Morgan fingerprint density at radius 2 is 1.74 bits per heavy atom. The van der Waals surface area contributed by atoms with Gasteiger partial charge in [-0.15, -0.1) is 0 Å². The van der Waals surface area contributed by atoms with E-state index in [0.717, 1.165) is 33.3 Å². The van der Waals surface area contributed by atoms with Crippen molar-refractivity contribution in [3.8, 4) is 34.3 Å². The molecule has 10 heteroatoms. The van der Waals surface area contributed by atoms with Crippen molar-refractivity contribution < 1.29 is 23.7 Å². The first kappa shape index (κ1) is 28.0. The maximum atomic E-state index is 13.9. The monoisotopic (exact) mass is 580 g/mol. The molecule has 1 unspecified atom stereocenters. The van der Waals surface area contributed by atoms with Crippen molar-refractivity contribution in [2.45, 2.75) is 26.3 Å². The van der Waals surface area contributed by atoms with Gasteiger partial charge in [0.15, 0.2) is 11.5 Å². The molecule has 1 atom stereocenters. The normalized spacial score (nSPS) is 13.7. The van der Waals surface area contributed by atoms with Gasteiger partial charge in [-0.3, -0.25) is 9.59 Å². The topological polar surface area (TPSA) is 116 Å². The molecule has 0 saturated heterocycles. The Kier molecular flexibility index (Phi) is 7.35. The number of ether oxygens (including phenoxy) is 4. The summed E-state index contributed by atoms with van der Waals surface area (Å²) >= 11 is 0. The first-order valence-corrected chi connectivity index (χ1v) is 14.0. The number of benzene rings is 3. The number of aromatic amines is 1. The zero-order chi connectivity index (χ0) is 30.2. The number of fused-ring (bicyclic) bond motifs is 3. The first-order valence-electron chi connectivity index (χ1n) is 14.0. The molecule has 0 radical (unpaired) electrons. The minimum absolute atomic E-state index is 0.121. The summed E-state index contributed by atoms with van der Waals surface area (Å²) in [6.07, 6.45) is 0. The number of carbonyl (C=O) groups excluding carboxylic acids is 1. The van der Waals surface area contributed by atoms with E-state index < -0.39 is 5.92 Å². The molecule has 220 valence electrons. The van der Waals surface area contributed by atoms with Gasteiger partial charge in [-0.2, -0.15) is 5.10 Å². The second-order valence-electron chi connectivity index (χ2n) is 10.5. The second-order valence-corrected chi connectivity index (χ2v) is 10.5. The summed E-state index contributed by atoms with van der Waals surface area (Å²) in [7, 11) is 4.83. The Hall–Kier alpha value is -5.12. The van der Waals surface area contributed by atoms with Crippen LogP contribution in [-0.2, 0) is 11.3 Å². The largest absolute Gasteiger partial charge is 0.497 e. The Morgan fingerprint density at radius 1 is 0.977 bits per heavy atom. The van der Waals surface area contributed by atoms with Gasteiger partial charge < -0.3 is 23.8 Å². The summed E-state index contributed by atoms with van der Waals surface area (Å²) < 4.78 is 23.0. The van der Waals surface area contributed by atoms with Crippen LogP contribution in [0.1, 0.15) is 29.7 Å². The van der Waals surface area contributed by atoms with Gasteiger partial charge in [0.25, 0.3) is 5.56 Å². The molecule has 6 rings (SSSR count). The molecule has 0 saturated carbocycles.